The highest BCUT2D eigenvalue weighted by Gasteiger charge is 2.27. The van der Waals surface area contributed by atoms with Crippen LogP contribution in [0.3, 0.4) is 0 Å². The monoisotopic (exact) mass is 580 g/mol. The fourth-order valence-corrected chi connectivity index (χ4v) is 5.25. The van der Waals surface area contributed by atoms with Gasteiger partial charge in [0.2, 0.25) is 5.88 Å². The number of carbonyl (C=O) groups excluding carboxylic acids is 1. The molecule has 3 aromatic carbocycles. The number of hydrogen-bond donors (Lipinski definition) is 2. The lowest BCUT2D eigenvalue weighted by Gasteiger charge is -2.23. The van der Waals surface area contributed by atoms with E-state index < -0.39 is 22.5 Å². The highest BCUT2D eigenvalue weighted by molar-refractivity contribution is 9.10. The number of hydrogen-bond acceptors (Lipinski definition) is 5. The van der Waals surface area contributed by atoms with Crippen LogP contribution in [-0.4, -0.2) is 31.0 Å². The molecule has 1 aromatic heterocycles. The minimum atomic E-state index is -4.15. The molecule has 0 aliphatic carbocycles. The maximum atomic E-state index is 13.3. The summed E-state index contributed by atoms with van der Waals surface area (Å²) in [6.07, 6.45) is 0. The van der Waals surface area contributed by atoms with Crippen molar-refractivity contribution in [3.63, 3.8) is 0 Å². The second kappa shape index (κ2) is 9.75. The van der Waals surface area contributed by atoms with E-state index in [1.165, 1.54) is 30.3 Å². The van der Waals surface area contributed by atoms with E-state index in [9.17, 15) is 18.3 Å². The number of benzene rings is 3. The molecule has 0 atom stereocenters. The number of aromatic hydroxyl groups is 1. The van der Waals surface area contributed by atoms with Gasteiger partial charge in [-0.15, -0.1) is 10.2 Å². The zero-order chi connectivity index (χ0) is 24.5. The highest BCUT2D eigenvalue weighted by atomic mass is 79.9. The molecule has 0 spiro atoms. The van der Waals surface area contributed by atoms with Crippen molar-refractivity contribution in [2.75, 3.05) is 10.8 Å². The maximum Gasteiger partial charge on any atom is 0.285 e. The molecule has 0 fully saturated rings. The lowest BCUT2D eigenvalue weighted by molar-refractivity contribution is -0.116. The summed E-state index contributed by atoms with van der Waals surface area (Å²) in [5.74, 6) is -1.14. The van der Waals surface area contributed by atoms with Crippen molar-refractivity contribution in [3.05, 3.63) is 81.2 Å². The lowest BCUT2D eigenvalue weighted by atomic mass is 10.2. The van der Waals surface area contributed by atoms with Gasteiger partial charge in [-0.05, 0) is 48.5 Å². The summed E-state index contributed by atoms with van der Waals surface area (Å²) in [6.45, 7) is -0.661. The molecule has 4 aromatic rings. The first kappa shape index (κ1) is 24.2. The molecule has 174 valence electrons. The van der Waals surface area contributed by atoms with Crippen molar-refractivity contribution in [2.45, 2.75) is 4.90 Å². The number of nitrogens with one attached hydrogen (secondary N) is 1. The van der Waals surface area contributed by atoms with Crippen LogP contribution in [0.2, 0.25) is 10.0 Å². The topological polar surface area (TPSA) is 115 Å². The van der Waals surface area contributed by atoms with Crippen LogP contribution in [0, 0.1) is 0 Å². The number of amides is 1. The molecule has 0 unspecified atom stereocenters. The summed E-state index contributed by atoms with van der Waals surface area (Å²) in [7, 11) is -4.15. The first-order chi connectivity index (χ1) is 16.2. The number of aromatic nitrogens is 1. The molecule has 1 amide bonds. The average Bonchev–Trinajstić information content (AvgIpc) is 3.12. The Balaban J connectivity index is 1.69. The van der Waals surface area contributed by atoms with Crippen molar-refractivity contribution < 1.29 is 18.3 Å². The number of aromatic amines is 1. The predicted octanol–water partition coefficient (Wildman–Crippen LogP) is 6.45. The van der Waals surface area contributed by atoms with Crippen LogP contribution in [-0.2, 0) is 14.8 Å². The number of H-pyrrole nitrogens is 1. The average molecular weight is 582 g/mol. The van der Waals surface area contributed by atoms with Crippen molar-refractivity contribution in [3.8, 4) is 5.88 Å². The van der Waals surface area contributed by atoms with E-state index in [-0.39, 0.29) is 32.2 Å². The zero-order valence-corrected chi connectivity index (χ0v) is 21.0. The van der Waals surface area contributed by atoms with Gasteiger partial charge in [0.25, 0.3) is 15.9 Å². The summed E-state index contributed by atoms with van der Waals surface area (Å²) in [6, 6.07) is 17.0. The molecule has 2 N–H and O–H groups in total. The summed E-state index contributed by atoms with van der Waals surface area (Å²) < 4.78 is 28.3. The van der Waals surface area contributed by atoms with Gasteiger partial charge in [0, 0.05) is 9.86 Å². The number of rotatable bonds is 6. The van der Waals surface area contributed by atoms with Crippen LogP contribution in [0.5, 0.6) is 5.88 Å². The lowest BCUT2D eigenvalue weighted by Crippen LogP contribution is -2.35. The highest BCUT2D eigenvalue weighted by Crippen LogP contribution is 2.37. The van der Waals surface area contributed by atoms with Gasteiger partial charge in [-0.25, -0.2) is 8.42 Å². The number of sulfonamides is 1. The fraction of sp³-hybridized carbons (Fsp3) is 0.0455. The smallest absolute Gasteiger partial charge is 0.285 e. The molecule has 0 aliphatic rings. The zero-order valence-electron chi connectivity index (χ0n) is 17.1. The molecule has 34 heavy (non-hydrogen) atoms. The third-order valence-electron chi connectivity index (χ3n) is 4.78. The van der Waals surface area contributed by atoms with Crippen LogP contribution in [0.1, 0.15) is 0 Å². The number of nitrogens with zero attached hydrogens (tertiary/aromatic N) is 3. The molecule has 0 saturated carbocycles. The minimum absolute atomic E-state index is 0.0232. The summed E-state index contributed by atoms with van der Waals surface area (Å²) in [4.78, 5) is 15.5. The largest absolute Gasteiger partial charge is 0.493 e. The Kier molecular flexibility index (Phi) is 6.94. The van der Waals surface area contributed by atoms with E-state index in [0.29, 0.717) is 10.9 Å². The van der Waals surface area contributed by atoms with Crippen molar-refractivity contribution >= 4 is 77.3 Å². The Labute approximate surface area is 213 Å². The second-order valence-corrected chi connectivity index (χ2v) is 10.6. The SMILES string of the molecule is O=C(CN(c1ccc(Cl)c(Cl)c1)S(=O)(=O)c1ccccc1)N=Nc1c(O)[nH]c2ccc(Br)cc12. The second-order valence-electron chi connectivity index (χ2n) is 7.03. The first-order valence-electron chi connectivity index (χ1n) is 9.64. The van der Waals surface area contributed by atoms with E-state index in [1.807, 2.05) is 0 Å². The standard InChI is InChI=1S/C22H15BrCl2N4O4S/c23-13-6-9-19-16(10-13)21(22(31)26-19)28-27-20(30)12-29(14-7-8-17(24)18(25)11-14)34(32,33)15-4-2-1-3-5-15/h1-11,26,31H,12H2. The minimum Gasteiger partial charge on any atom is -0.493 e. The summed E-state index contributed by atoms with van der Waals surface area (Å²) in [5.41, 5.74) is 0.767. The van der Waals surface area contributed by atoms with E-state index in [4.69, 9.17) is 23.2 Å². The number of anilines is 1. The van der Waals surface area contributed by atoms with E-state index in [2.05, 4.69) is 31.1 Å². The van der Waals surface area contributed by atoms with Crippen molar-refractivity contribution in [1.29, 1.82) is 0 Å². The Bertz CT molecular complexity index is 1520. The quantitative estimate of drug-likeness (QED) is 0.255. The van der Waals surface area contributed by atoms with Crippen LogP contribution in [0.25, 0.3) is 10.9 Å². The number of fused-ring (bicyclic) bond motifs is 1. The molecule has 0 bridgehead atoms. The van der Waals surface area contributed by atoms with Gasteiger partial charge in [0.05, 0.1) is 26.1 Å². The molecule has 8 nitrogen and oxygen atoms in total. The molecule has 0 aliphatic heterocycles. The van der Waals surface area contributed by atoms with Crippen LogP contribution in [0.15, 0.2) is 86.3 Å². The molecule has 4 rings (SSSR count). The normalized spacial score (nSPS) is 11.9. The molecule has 0 radical (unpaired) electrons. The molecular weight excluding hydrogens is 567 g/mol. The van der Waals surface area contributed by atoms with Crippen molar-refractivity contribution in [1.82, 2.24) is 4.98 Å². The first-order valence-corrected chi connectivity index (χ1v) is 12.6. The van der Waals surface area contributed by atoms with E-state index in [1.54, 1.807) is 36.4 Å². The summed E-state index contributed by atoms with van der Waals surface area (Å²) >= 11 is 15.4. The number of carbonyl (C=O) groups is 1. The predicted molar refractivity (Wildman–Crippen MR) is 135 cm³/mol. The Hall–Kier alpha value is -2.92. The molecular formula is C22H15BrCl2N4O4S. The third-order valence-corrected chi connectivity index (χ3v) is 7.80. The van der Waals surface area contributed by atoms with Gasteiger partial charge in [0.15, 0.2) is 5.69 Å². The Morgan fingerprint density at radius 2 is 1.76 bits per heavy atom. The molecule has 1 heterocycles. The van der Waals surface area contributed by atoms with Gasteiger partial charge >= 0.3 is 0 Å². The molecule has 0 saturated heterocycles. The molecule has 12 heteroatoms. The van der Waals surface area contributed by atoms with Gasteiger partial charge in [0.1, 0.15) is 6.54 Å². The Morgan fingerprint density at radius 1 is 1.03 bits per heavy atom. The number of halogens is 3. The van der Waals surface area contributed by atoms with Crippen molar-refractivity contribution in [2.24, 2.45) is 10.2 Å². The summed E-state index contributed by atoms with van der Waals surface area (Å²) in [5, 5.41) is 18.6. The van der Waals surface area contributed by atoms with Gasteiger partial charge in [-0.2, -0.15) is 0 Å². The van der Waals surface area contributed by atoms with E-state index >= 15 is 0 Å². The third kappa shape index (κ3) is 4.95. The number of azo groups is 1. The maximum absolute atomic E-state index is 13.3. The van der Waals surface area contributed by atoms with Gasteiger partial charge in [-0.1, -0.05) is 57.3 Å². The van der Waals surface area contributed by atoms with E-state index in [0.717, 1.165) is 8.78 Å². The van der Waals surface area contributed by atoms with Crippen LogP contribution >= 0.6 is 39.1 Å². The fourth-order valence-electron chi connectivity index (χ4n) is 3.17. The van der Waals surface area contributed by atoms with Gasteiger partial charge in [-0.3, -0.25) is 9.10 Å². The van der Waals surface area contributed by atoms with Gasteiger partial charge < -0.3 is 10.1 Å². The van der Waals surface area contributed by atoms with Crippen LogP contribution in [0.4, 0.5) is 11.4 Å². The Morgan fingerprint density at radius 3 is 2.47 bits per heavy atom. The van der Waals surface area contributed by atoms with Crippen LogP contribution < -0.4 is 4.31 Å².